The molecule has 10 heteroatoms. The van der Waals surface area contributed by atoms with Crippen LogP contribution in [0.3, 0.4) is 0 Å². The Balaban J connectivity index is 0.000000178. The Morgan fingerprint density at radius 2 is 1.07 bits per heavy atom. The minimum absolute atomic E-state index is 0.496. The average molecular weight is 609 g/mol. The maximum atomic E-state index is 6.18. The predicted octanol–water partition coefficient (Wildman–Crippen LogP) is 7.68. The average Bonchev–Trinajstić information content (AvgIpc) is 3.55. The van der Waals surface area contributed by atoms with Gasteiger partial charge in [-0.05, 0) is 36.8 Å². The highest BCUT2D eigenvalue weighted by atomic mass is 15.2. The van der Waals surface area contributed by atoms with E-state index in [1.807, 2.05) is 36.4 Å². The number of hydrogen-bond acceptors (Lipinski definition) is 8. The summed E-state index contributed by atoms with van der Waals surface area (Å²) in [5.74, 6) is 3.82. The Labute approximate surface area is 265 Å². The molecule has 0 fully saturated rings. The summed E-state index contributed by atoms with van der Waals surface area (Å²) in [5.41, 5.74) is 17.9. The summed E-state index contributed by atoms with van der Waals surface area (Å²) in [5, 5.41) is 9.09. The van der Waals surface area contributed by atoms with Gasteiger partial charge in [-0.15, -0.1) is 0 Å². The molecule has 10 nitrogen and oxygen atoms in total. The molecule has 6 N–H and O–H groups in total. The van der Waals surface area contributed by atoms with Crippen LogP contribution in [0.25, 0.3) is 43.9 Å². The summed E-state index contributed by atoms with van der Waals surface area (Å²) >= 11 is 0. The van der Waals surface area contributed by atoms with Crippen molar-refractivity contribution in [2.45, 2.75) is 73.9 Å². The number of nitrogens with zero attached hydrogens (tertiary/aromatic N) is 6. The zero-order valence-electron chi connectivity index (χ0n) is 27.6. The Hall–Kier alpha value is -4.60. The number of imidazole rings is 2. The van der Waals surface area contributed by atoms with Crippen molar-refractivity contribution in [2.75, 3.05) is 35.2 Å². The highest BCUT2D eigenvalue weighted by Crippen LogP contribution is 2.32. The lowest BCUT2D eigenvalue weighted by Gasteiger charge is -2.13. The quantitative estimate of drug-likeness (QED) is 0.110. The number of hydrogen-bond donors (Lipinski definition) is 4. The molecule has 0 spiro atoms. The molecule has 6 aromatic rings. The number of nitrogens with two attached hydrogens (primary N) is 2. The second-order valence-corrected chi connectivity index (χ2v) is 12.5. The van der Waals surface area contributed by atoms with Gasteiger partial charge in [0.05, 0.1) is 22.1 Å². The number of unbranched alkanes of at least 4 members (excludes halogenated alkanes) is 1. The Morgan fingerprint density at radius 3 is 1.49 bits per heavy atom. The number of pyridine rings is 2. The van der Waals surface area contributed by atoms with Crippen LogP contribution in [0.2, 0.25) is 0 Å². The van der Waals surface area contributed by atoms with Gasteiger partial charge < -0.3 is 31.2 Å². The fraction of sp³-hybridized carbons (Fsp3) is 0.429. The number of fused-ring (bicyclic) bond motifs is 6. The van der Waals surface area contributed by atoms with Crippen LogP contribution in [0.1, 0.15) is 60.8 Å². The smallest absolute Gasteiger partial charge is 0.204 e. The fourth-order valence-corrected chi connectivity index (χ4v) is 5.69. The van der Waals surface area contributed by atoms with Gasteiger partial charge in [0, 0.05) is 37.0 Å². The van der Waals surface area contributed by atoms with E-state index in [-0.39, 0.29) is 0 Å². The number of aromatic nitrogens is 6. The van der Waals surface area contributed by atoms with Crippen LogP contribution in [0.4, 0.5) is 23.5 Å². The van der Waals surface area contributed by atoms with Crippen LogP contribution in [-0.4, -0.2) is 42.2 Å². The lowest BCUT2D eigenvalue weighted by molar-refractivity contribution is 0.536. The van der Waals surface area contributed by atoms with Gasteiger partial charge in [-0.3, -0.25) is 0 Å². The van der Waals surface area contributed by atoms with Gasteiger partial charge in [-0.1, -0.05) is 84.4 Å². The molecule has 0 saturated heterocycles. The van der Waals surface area contributed by atoms with Crippen molar-refractivity contribution in [3.8, 4) is 0 Å². The minimum Gasteiger partial charge on any atom is -0.382 e. The third kappa shape index (κ3) is 6.74. The standard InChI is InChI=1S/C18H25N5.C17H23N5/c1-4-5-10-20-18-22-15-16(23(18)11-12(2)3)13-8-6-7-9-14(13)21-17(15)19;1-4-9-19-17-21-14-15(22(17)10-11(2)3)12-7-5-6-8-13(12)20-16(14)18/h6-9,12H,4-5,10-11H2,1-3H3,(H2,19,21)(H,20,22);5-8,11H,4,9-10H2,1-3H3,(H2,18,20)(H,19,21). The third-order valence-corrected chi connectivity index (χ3v) is 7.66. The molecule has 0 saturated carbocycles. The Kier molecular flexibility index (Phi) is 9.90. The van der Waals surface area contributed by atoms with E-state index in [9.17, 15) is 0 Å². The van der Waals surface area contributed by atoms with Gasteiger partial charge in [0.1, 0.15) is 11.0 Å². The maximum absolute atomic E-state index is 6.18. The van der Waals surface area contributed by atoms with Crippen molar-refractivity contribution in [1.29, 1.82) is 0 Å². The summed E-state index contributed by atoms with van der Waals surface area (Å²) in [6, 6.07) is 16.2. The number of benzene rings is 2. The maximum Gasteiger partial charge on any atom is 0.204 e. The summed E-state index contributed by atoms with van der Waals surface area (Å²) in [4.78, 5) is 18.5. The van der Waals surface area contributed by atoms with Crippen molar-refractivity contribution < 1.29 is 0 Å². The molecule has 6 rings (SSSR count). The number of rotatable bonds is 11. The molecule has 0 aliphatic rings. The van der Waals surface area contributed by atoms with E-state index in [0.29, 0.717) is 23.5 Å². The lowest BCUT2D eigenvalue weighted by Crippen LogP contribution is -2.11. The second-order valence-electron chi connectivity index (χ2n) is 12.5. The van der Waals surface area contributed by atoms with Crippen LogP contribution >= 0.6 is 0 Å². The largest absolute Gasteiger partial charge is 0.382 e. The van der Waals surface area contributed by atoms with Gasteiger partial charge in [0.2, 0.25) is 11.9 Å². The van der Waals surface area contributed by atoms with Gasteiger partial charge in [0.25, 0.3) is 0 Å². The normalized spacial score (nSPS) is 11.6. The highest BCUT2D eigenvalue weighted by Gasteiger charge is 2.19. The first-order valence-corrected chi connectivity index (χ1v) is 16.3. The van der Waals surface area contributed by atoms with Crippen molar-refractivity contribution in [3.63, 3.8) is 0 Å². The molecule has 0 aliphatic heterocycles. The van der Waals surface area contributed by atoms with Gasteiger partial charge in [0.15, 0.2) is 11.6 Å². The number of anilines is 4. The first-order valence-electron chi connectivity index (χ1n) is 16.3. The monoisotopic (exact) mass is 608 g/mol. The molecule has 0 aliphatic carbocycles. The van der Waals surface area contributed by atoms with Crippen molar-refractivity contribution in [2.24, 2.45) is 11.8 Å². The van der Waals surface area contributed by atoms with Crippen LogP contribution in [-0.2, 0) is 13.1 Å². The molecule has 4 heterocycles. The molecule has 0 bridgehead atoms. The summed E-state index contributed by atoms with van der Waals surface area (Å²) in [6.45, 7) is 16.8. The van der Waals surface area contributed by atoms with E-state index in [4.69, 9.17) is 21.4 Å². The van der Waals surface area contributed by atoms with Gasteiger partial charge >= 0.3 is 0 Å². The van der Waals surface area contributed by atoms with Crippen LogP contribution < -0.4 is 22.1 Å². The van der Waals surface area contributed by atoms with Crippen LogP contribution in [0.5, 0.6) is 0 Å². The number of nitrogens with one attached hydrogen (secondary N) is 2. The summed E-state index contributed by atoms with van der Waals surface area (Å²) < 4.78 is 4.51. The van der Waals surface area contributed by atoms with Crippen molar-refractivity contribution >= 4 is 67.4 Å². The molecule has 4 aromatic heterocycles. The molecule has 45 heavy (non-hydrogen) atoms. The molecule has 0 unspecified atom stereocenters. The molecule has 0 atom stereocenters. The highest BCUT2D eigenvalue weighted by molar-refractivity contribution is 6.08. The van der Waals surface area contributed by atoms with E-state index in [0.717, 1.165) is 101 Å². The number of para-hydroxylation sites is 2. The summed E-state index contributed by atoms with van der Waals surface area (Å²) in [7, 11) is 0. The molecular formula is C35H48N10. The zero-order chi connectivity index (χ0) is 32.1. The molecule has 0 radical (unpaired) electrons. The lowest BCUT2D eigenvalue weighted by atomic mass is 10.1. The Bertz CT molecular complexity index is 1900. The summed E-state index contributed by atoms with van der Waals surface area (Å²) in [6.07, 6.45) is 3.34. The van der Waals surface area contributed by atoms with Crippen LogP contribution in [0, 0.1) is 11.8 Å². The Morgan fingerprint density at radius 1 is 0.622 bits per heavy atom. The van der Waals surface area contributed by atoms with Crippen molar-refractivity contribution in [1.82, 2.24) is 29.1 Å². The van der Waals surface area contributed by atoms with Crippen LogP contribution in [0.15, 0.2) is 48.5 Å². The van der Waals surface area contributed by atoms with E-state index in [1.165, 1.54) is 0 Å². The molecular weight excluding hydrogens is 560 g/mol. The van der Waals surface area contributed by atoms with E-state index in [2.05, 4.69) is 83.4 Å². The van der Waals surface area contributed by atoms with E-state index >= 15 is 0 Å². The van der Waals surface area contributed by atoms with Gasteiger partial charge in [-0.25, -0.2) is 19.9 Å². The predicted molar refractivity (Wildman–Crippen MR) is 191 cm³/mol. The minimum atomic E-state index is 0.496. The number of nitrogen functional groups attached to an aromatic ring is 2. The van der Waals surface area contributed by atoms with Crippen molar-refractivity contribution in [3.05, 3.63) is 48.5 Å². The fourth-order valence-electron chi connectivity index (χ4n) is 5.69. The third-order valence-electron chi connectivity index (χ3n) is 7.66. The van der Waals surface area contributed by atoms with E-state index in [1.54, 1.807) is 0 Å². The molecule has 0 amide bonds. The zero-order valence-corrected chi connectivity index (χ0v) is 27.6. The first kappa shape index (κ1) is 31.8. The molecule has 2 aromatic carbocycles. The first-order chi connectivity index (χ1) is 21.7. The molecule has 238 valence electrons. The van der Waals surface area contributed by atoms with E-state index < -0.39 is 0 Å². The SMILES string of the molecule is CCCCNc1nc2c(N)nc3ccccc3c2n1CC(C)C.CCCNc1nc2c(N)nc3ccccc3c2n1CC(C)C. The topological polar surface area (TPSA) is 138 Å². The van der Waals surface area contributed by atoms with Gasteiger partial charge in [-0.2, -0.15) is 0 Å². The second kappa shape index (κ2) is 14.0.